The number of hydrogen-bond donors (Lipinski definition) is 1. The average Bonchev–Trinajstić information content (AvgIpc) is 2.15. The second-order valence-corrected chi connectivity index (χ2v) is 3.84. The number of alkyl halides is 3. The monoisotopic (exact) mass is 237 g/mol. The summed E-state index contributed by atoms with van der Waals surface area (Å²) in [6.45, 7) is 0. The summed E-state index contributed by atoms with van der Waals surface area (Å²) in [6.07, 6.45) is -3.52. The number of rotatable bonds is 0. The molecule has 17 heavy (non-hydrogen) atoms. The van der Waals surface area contributed by atoms with E-state index < -0.39 is 17.3 Å². The Labute approximate surface area is 93.4 Å². The molecule has 0 saturated heterocycles. The zero-order chi connectivity index (χ0) is 12.2. The molecule has 1 aliphatic rings. The number of H-pyrrole nitrogens is 1. The summed E-state index contributed by atoms with van der Waals surface area (Å²) >= 11 is 0. The van der Waals surface area contributed by atoms with Gasteiger partial charge in [-0.15, -0.1) is 0 Å². The smallest absolute Gasteiger partial charge is 0.321 e. The summed E-state index contributed by atoms with van der Waals surface area (Å²) in [5, 5.41) is 0.428. The van der Waals surface area contributed by atoms with Crippen molar-refractivity contribution in [2.75, 3.05) is 0 Å². The lowest BCUT2D eigenvalue weighted by molar-refractivity contribution is -0.0687. The molecule has 3 rings (SSSR count). The Bertz CT molecular complexity index is 710. The highest BCUT2D eigenvalue weighted by molar-refractivity contribution is 6.07. The van der Waals surface area contributed by atoms with Gasteiger partial charge >= 0.3 is 6.18 Å². The van der Waals surface area contributed by atoms with Crippen LogP contribution in [0.3, 0.4) is 0 Å². The summed E-state index contributed by atoms with van der Waals surface area (Å²) in [4.78, 5) is 14.1. The van der Waals surface area contributed by atoms with Crippen molar-refractivity contribution < 1.29 is 13.2 Å². The number of aromatic amines is 1. The fraction of sp³-hybridized carbons (Fsp3) is 0.0833. The highest BCUT2D eigenvalue weighted by Crippen LogP contribution is 2.44. The number of halogens is 3. The van der Waals surface area contributed by atoms with Crippen LogP contribution in [0.4, 0.5) is 13.2 Å². The van der Waals surface area contributed by atoms with Crippen LogP contribution in [0.25, 0.3) is 22.6 Å². The molecular weight excluding hydrogens is 231 g/mol. The molecule has 1 aromatic carbocycles. The Balaban J connectivity index is 2.37. The second kappa shape index (κ2) is 3.00. The zero-order valence-corrected chi connectivity index (χ0v) is 8.43. The SMILES string of the molecule is O=c1[nH]c2ccccc2c2c1C=C2C(F)(F)F. The molecule has 0 fully saturated rings. The predicted molar refractivity (Wildman–Crippen MR) is 58.5 cm³/mol. The van der Waals surface area contributed by atoms with Gasteiger partial charge in [-0.2, -0.15) is 13.2 Å². The third-order valence-electron chi connectivity index (χ3n) is 2.82. The van der Waals surface area contributed by atoms with Crippen LogP contribution in [0.15, 0.2) is 29.1 Å². The number of allylic oxidation sites excluding steroid dienone is 1. The van der Waals surface area contributed by atoms with Crippen LogP contribution in [0.5, 0.6) is 0 Å². The van der Waals surface area contributed by atoms with Crippen LogP contribution < -0.4 is 5.56 Å². The van der Waals surface area contributed by atoms with E-state index in [4.69, 9.17) is 0 Å². The topological polar surface area (TPSA) is 32.9 Å². The van der Waals surface area contributed by atoms with E-state index in [2.05, 4.69) is 4.98 Å². The lowest BCUT2D eigenvalue weighted by Crippen LogP contribution is -2.24. The first-order valence-corrected chi connectivity index (χ1v) is 4.93. The first-order valence-electron chi connectivity index (χ1n) is 4.93. The molecule has 1 N–H and O–H groups in total. The van der Waals surface area contributed by atoms with Crippen molar-refractivity contribution in [3.8, 4) is 0 Å². The van der Waals surface area contributed by atoms with Crippen molar-refractivity contribution in [2.45, 2.75) is 6.18 Å². The van der Waals surface area contributed by atoms with Gasteiger partial charge in [0.15, 0.2) is 0 Å². The molecule has 1 aliphatic carbocycles. The van der Waals surface area contributed by atoms with Gasteiger partial charge in [-0.05, 0) is 12.1 Å². The van der Waals surface area contributed by atoms with Gasteiger partial charge in [-0.1, -0.05) is 18.2 Å². The third kappa shape index (κ3) is 1.32. The molecule has 0 bridgehead atoms. The first-order chi connectivity index (χ1) is 7.98. The normalized spacial score (nSPS) is 14.2. The van der Waals surface area contributed by atoms with Crippen LogP contribution in [0, 0.1) is 0 Å². The van der Waals surface area contributed by atoms with Crippen LogP contribution in [0.2, 0.25) is 0 Å². The van der Waals surface area contributed by atoms with E-state index >= 15 is 0 Å². The van der Waals surface area contributed by atoms with Crippen LogP contribution in [-0.2, 0) is 0 Å². The van der Waals surface area contributed by atoms with E-state index in [0.29, 0.717) is 10.9 Å². The number of fused-ring (bicyclic) bond motifs is 3. The van der Waals surface area contributed by atoms with Crippen molar-refractivity contribution in [3.05, 3.63) is 45.7 Å². The van der Waals surface area contributed by atoms with Gasteiger partial charge in [0.05, 0.1) is 5.57 Å². The van der Waals surface area contributed by atoms with Gasteiger partial charge in [-0.25, -0.2) is 0 Å². The molecule has 0 amide bonds. The summed E-state index contributed by atoms with van der Waals surface area (Å²) in [6, 6.07) is 6.47. The van der Waals surface area contributed by atoms with Gasteiger partial charge in [0.1, 0.15) is 0 Å². The summed E-state index contributed by atoms with van der Waals surface area (Å²) in [7, 11) is 0. The molecule has 2 nitrogen and oxygen atoms in total. The van der Waals surface area contributed by atoms with Gasteiger partial charge in [0.2, 0.25) is 0 Å². The largest absolute Gasteiger partial charge is 0.417 e. The highest BCUT2D eigenvalue weighted by atomic mass is 19.4. The Morgan fingerprint density at radius 1 is 1.12 bits per heavy atom. The number of nitrogens with one attached hydrogen (secondary N) is 1. The zero-order valence-electron chi connectivity index (χ0n) is 8.43. The van der Waals surface area contributed by atoms with E-state index in [1.807, 2.05) is 0 Å². The molecule has 2 aromatic rings. The van der Waals surface area contributed by atoms with Crippen LogP contribution >= 0.6 is 0 Å². The summed E-state index contributed by atoms with van der Waals surface area (Å²) < 4.78 is 38.0. The number of para-hydroxylation sites is 1. The van der Waals surface area contributed by atoms with Crippen molar-refractivity contribution in [1.29, 1.82) is 0 Å². The van der Waals surface area contributed by atoms with Crippen molar-refractivity contribution in [1.82, 2.24) is 4.98 Å². The van der Waals surface area contributed by atoms with E-state index in [-0.39, 0.29) is 11.1 Å². The van der Waals surface area contributed by atoms with Gasteiger partial charge < -0.3 is 4.98 Å². The number of benzene rings is 1. The molecular formula is C12H6F3NO. The molecule has 1 heterocycles. The minimum atomic E-state index is -4.41. The molecule has 0 radical (unpaired) electrons. The summed E-state index contributed by atoms with van der Waals surface area (Å²) in [5.74, 6) is 0. The predicted octanol–water partition coefficient (Wildman–Crippen LogP) is 2.94. The van der Waals surface area contributed by atoms with E-state index in [9.17, 15) is 18.0 Å². The Morgan fingerprint density at radius 3 is 2.53 bits per heavy atom. The quantitative estimate of drug-likeness (QED) is 0.750. The average molecular weight is 237 g/mol. The first kappa shape index (κ1) is 10.1. The second-order valence-electron chi connectivity index (χ2n) is 3.84. The fourth-order valence-electron chi connectivity index (χ4n) is 2.05. The highest BCUT2D eigenvalue weighted by Gasteiger charge is 2.41. The maximum absolute atomic E-state index is 12.7. The van der Waals surface area contributed by atoms with E-state index in [1.165, 1.54) is 0 Å². The minimum Gasteiger partial charge on any atom is -0.321 e. The van der Waals surface area contributed by atoms with Gasteiger partial charge in [0, 0.05) is 22.0 Å². The molecule has 0 spiro atoms. The maximum atomic E-state index is 12.7. The van der Waals surface area contributed by atoms with E-state index in [0.717, 1.165) is 6.08 Å². The van der Waals surface area contributed by atoms with Gasteiger partial charge in [0.25, 0.3) is 5.56 Å². The molecule has 0 unspecified atom stereocenters. The van der Waals surface area contributed by atoms with Crippen molar-refractivity contribution in [2.24, 2.45) is 0 Å². The Hall–Kier alpha value is -2.04. The standard InChI is InChI=1S/C12H6F3NO/c13-12(14,15)8-5-7-10(8)6-3-1-2-4-9(6)16-11(7)17/h1-5H,(H,16,17). The molecule has 1 aromatic heterocycles. The maximum Gasteiger partial charge on any atom is 0.417 e. The lowest BCUT2D eigenvalue weighted by Gasteiger charge is -2.23. The molecule has 5 heteroatoms. The number of aromatic nitrogens is 1. The lowest BCUT2D eigenvalue weighted by atomic mass is 9.86. The van der Waals surface area contributed by atoms with E-state index in [1.54, 1.807) is 24.3 Å². The molecule has 0 aliphatic heterocycles. The van der Waals surface area contributed by atoms with Gasteiger partial charge in [-0.3, -0.25) is 4.79 Å². The molecule has 0 atom stereocenters. The van der Waals surface area contributed by atoms with Crippen LogP contribution in [0.1, 0.15) is 11.1 Å². The van der Waals surface area contributed by atoms with Crippen molar-refractivity contribution in [3.63, 3.8) is 0 Å². The van der Waals surface area contributed by atoms with Crippen LogP contribution in [-0.4, -0.2) is 11.2 Å². The molecule has 86 valence electrons. The Kier molecular flexibility index (Phi) is 1.79. The number of pyridine rings is 1. The van der Waals surface area contributed by atoms with Crippen molar-refractivity contribution >= 4 is 22.6 Å². The Morgan fingerprint density at radius 2 is 1.82 bits per heavy atom. The third-order valence-corrected chi connectivity index (χ3v) is 2.82. The number of hydrogen-bond acceptors (Lipinski definition) is 1. The minimum absolute atomic E-state index is 0.0110. The fourth-order valence-corrected chi connectivity index (χ4v) is 2.05. The summed E-state index contributed by atoms with van der Waals surface area (Å²) in [5.41, 5.74) is -0.666. The molecule has 0 saturated carbocycles.